The molecular weight excluding hydrogens is 361 g/mol. The maximum Gasteiger partial charge on any atom is 0.225 e. The van der Waals surface area contributed by atoms with Crippen molar-refractivity contribution in [1.29, 1.82) is 0 Å². The topological polar surface area (TPSA) is 46.2 Å². The Labute approximate surface area is 153 Å². The van der Waals surface area contributed by atoms with Crippen LogP contribution in [0, 0.1) is 5.82 Å². The molecule has 1 N–H and O–H groups in total. The van der Waals surface area contributed by atoms with Crippen LogP contribution in [-0.4, -0.2) is 11.7 Å². The van der Waals surface area contributed by atoms with Crippen molar-refractivity contribution in [3.63, 3.8) is 0 Å². The molecule has 128 valence electrons. The summed E-state index contributed by atoms with van der Waals surface area (Å²) in [5, 5.41) is 5.07. The number of hydrogen-bond acceptors (Lipinski definition) is 3. The zero-order valence-electron chi connectivity index (χ0n) is 13.2. The number of carbonyl (C=O) groups excluding carboxylic acids is 2. The molecule has 1 aliphatic heterocycles. The number of thiophene rings is 1. The molecule has 6 heteroatoms. The largest absolute Gasteiger partial charge is 0.329 e. The minimum Gasteiger partial charge on any atom is -0.329 e. The van der Waals surface area contributed by atoms with Crippen LogP contribution in [0.5, 0.6) is 0 Å². The average molecular weight is 376 g/mol. The van der Waals surface area contributed by atoms with Crippen LogP contribution in [0.3, 0.4) is 0 Å². The summed E-state index contributed by atoms with van der Waals surface area (Å²) in [4.78, 5) is 26.2. The summed E-state index contributed by atoms with van der Waals surface area (Å²) in [5.74, 6) is -1.28. The molecule has 2 aliphatic rings. The van der Waals surface area contributed by atoms with Crippen LogP contribution >= 0.6 is 22.9 Å². The Hall–Kier alpha value is -1.98. The molecule has 0 saturated heterocycles. The van der Waals surface area contributed by atoms with Crippen LogP contribution in [0.15, 0.2) is 47.0 Å². The number of rotatable bonds is 2. The Kier molecular flexibility index (Phi) is 4.21. The highest BCUT2D eigenvalue weighted by molar-refractivity contribution is 7.10. The molecular formula is C19H15ClFNO2S. The zero-order valence-corrected chi connectivity index (χ0v) is 14.8. The normalized spacial score (nSPS) is 23.4. The Morgan fingerprint density at radius 2 is 1.96 bits per heavy atom. The van der Waals surface area contributed by atoms with Gasteiger partial charge in [-0.2, -0.15) is 0 Å². The highest BCUT2D eigenvalue weighted by Gasteiger charge is 2.39. The van der Waals surface area contributed by atoms with E-state index < -0.39 is 11.7 Å². The quantitative estimate of drug-likeness (QED) is 0.837. The summed E-state index contributed by atoms with van der Waals surface area (Å²) in [6.07, 6.45) is 0.989. The first-order chi connectivity index (χ1) is 12.0. The van der Waals surface area contributed by atoms with E-state index >= 15 is 0 Å². The lowest BCUT2D eigenvalue weighted by atomic mass is 9.74. The fourth-order valence-corrected chi connectivity index (χ4v) is 4.90. The molecule has 0 spiro atoms. The number of Topliss-reactive ketones (excluding diaryl/α,β-unsaturated/α-hetero) is 1. The molecule has 1 aromatic carbocycles. The first-order valence-electron chi connectivity index (χ1n) is 8.08. The Morgan fingerprint density at radius 1 is 1.12 bits per heavy atom. The summed E-state index contributed by atoms with van der Waals surface area (Å²) >= 11 is 7.80. The number of halogens is 2. The van der Waals surface area contributed by atoms with Gasteiger partial charge in [-0.25, -0.2) is 4.39 Å². The van der Waals surface area contributed by atoms with Crippen LogP contribution < -0.4 is 5.32 Å². The van der Waals surface area contributed by atoms with Crippen LogP contribution in [0.25, 0.3) is 0 Å². The molecule has 1 aliphatic carbocycles. The SMILES string of the molecule is O=C1C[C@H](c2c(F)cccc2Cl)C2=C(C[C@@H](c3cccs3)CC2=O)N1. The fourth-order valence-electron chi connectivity index (χ4n) is 3.78. The van der Waals surface area contributed by atoms with Crippen molar-refractivity contribution in [3.8, 4) is 0 Å². The molecule has 4 rings (SSSR count). The first-order valence-corrected chi connectivity index (χ1v) is 9.33. The number of allylic oxidation sites excluding steroid dienone is 2. The molecule has 1 amide bonds. The monoisotopic (exact) mass is 375 g/mol. The number of benzene rings is 1. The van der Waals surface area contributed by atoms with E-state index in [4.69, 9.17) is 11.6 Å². The van der Waals surface area contributed by atoms with Gasteiger partial charge in [0.2, 0.25) is 5.91 Å². The van der Waals surface area contributed by atoms with Gasteiger partial charge >= 0.3 is 0 Å². The third-order valence-electron chi connectivity index (χ3n) is 4.83. The number of amides is 1. The van der Waals surface area contributed by atoms with Gasteiger partial charge < -0.3 is 5.32 Å². The molecule has 0 unspecified atom stereocenters. The minimum absolute atomic E-state index is 0.0366. The van der Waals surface area contributed by atoms with Gasteiger partial charge in [0.15, 0.2) is 5.78 Å². The van der Waals surface area contributed by atoms with Crippen LogP contribution in [0.2, 0.25) is 5.02 Å². The van der Waals surface area contributed by atoms with E-state index in [9.17, 15) is 14.0 Å². The van der Waals surface area contributed by atoms with Gasteiger partial charge in [0, 0.05) is 51.4 Å². The maximum absolute atomic E-state index is 14.4. The Balaban J connectivity index is 1.79. The smallest absolute Gasteiger partial charge is 0.225 e. The molecule has 2 aromatic rings. The van der Waals surface area contributed by atoms with E-state index in [2.05, 4.69) is 5.32 Å². The molecule has 0 radical (unpaired) electrons. The van der Waals surface area contributed by atoms with Gasteiger partial charge in [-0.1, -0.05) is 23.7 Å². The lowest BCUT2D eigenvalue weighted by molar-refractivity contribution is -0.122. The lowest BCUT2D eigenvalue weighted by Crippen LogP contribution is -2.38. The molecule has 3 nitrogen and oxygen atoms in total. The van der Waals surface area contributed by atoms with Crippen molar-refractivity contribution in [1.82, 2.24) is 5.32 Å². The predicted octanol–water partition coefficient (Wildman–Crippen LogP) is 4.54. The van der Waals surface area contributed by atoms with E-state index in [1.165, 1.54) is 12.1 Å². The standard InChI is InChI=1S/C19H15ClFNO2S/c20-12-3-1-4-13(21)18(12)11-9-17(24)22-14-7-10(8-15(23)19(11)14)16-5-2-6-25-16/h1-6,10-11H,7-9H2,(H,22,24)/t10-,11-/m1/s1. The fraction of sp³-hybridized carbons (Fsp3) is 0.263. The maximum atomic E-state index is 14.4. The summed E-state index contributed by atoms with van der Waals surface area (Å²) in [6, 6.07) is 8.39. The zero-order chi connectivity index (χ0) is 17.6. The van der Waals surface area contributed by atoms with E-state index in [1.807, 2.05) is 17.5 Å². The van der Waals surface area contributed by atoms with Crippen molar-refractivity contribution in [2.24, 2.45) is 0 Å². The lowest BCUT2D eigenvalue weighted by Gasteiger charge is -2.34. The third kappa shape index (κ3) is 2.92. The molecule has 2 atom stereocenters. The summed E-state index contributed by atoms with van der Waals surface area (Å²) in [5.41, 5.74) is 1.38. The van der Waals surface area contributed by atoms with Crippen molar-refractivity contribution in [2.75, 3.05) is 0 Å². The molecule has 0 fully saturated rings. The first kappa shape index (κ1) is 16.5. The number of hydrogen-bond donors (Lipinski definition) is 1. The van der Waals surface area contributed by atoms with Gasteiger partial charge in [0.1, 0.15) is 5.82 Å². The highest BCUT2D eigenvalue weighted by Crippen LogP contribution is 2.45. The molecule has 0 bridgehead atoms. The molecule has 25 heavy (non-hydrogen) atoms. The Morgan fingerprint density at radius 3 is 2.68 bits per heavy atom. The summed E-state index contributed by atoms with van der Waals surface area (Å²) in [7, 11) is 0. The van der Waals surface area contributed by atoms with Gasteiger partial charge in [0.25, 0.3) is 0 Å². The van der Waals surface area contributed by atoms with Crippen LogP contribution in [0.4, 0.5) is 4.39 Å². The Bertz CT molecular complexity index is 871. The number of ketones is 1. The number of nitrogens with one attached hydrogen (secondary N) is 1. The van der Waals surface area contributed by atoms with Crippen molar-refractivity contribution >= 4 is 34.6 Å². The third-order valence-corrected chi connectivity index (χ3v) is 6.19. The average Bonchev–Trinajstić information content (AvgIpc) is 3.08. The van der Waals surface area contributed by atoms with Gasteiger partial charge in [0.05, 0.1) is 0 Å². The molecule has 0 saturated carbocycles. The summed E-state index contributed by atoms with van der Waals surface area (Å²) in [6.45, 7) is 0. The predicted molar refractivity (Wildman–Crippen MR) is 95.2 cm³/mol. The van der Waals surface area contributed by atoms with Crippen molar-refractivity contribution in [2.45, 2.75) is 31.1 Å². The number of carbonyl (C=O) groups is 2. The minimum atomic E-state index is -0.616. The van der Waals surface area contributed by atoms with Gasteiger partial charge in [-0.15, -0.1) is 11.3 Å². The highest BCUT2D eigenvalue weighted by atomic mass is 35.5. The molecule has 2 heterocycles. The second-order valence-electron chi connectivity index (χ2n) is 6.38. The van der Waals surface area contributed by atoms with E-state index in [-0.39, 0.29) is 34.6 Å². The van der Waals surface area contributed by atoms with E-state index in [1.54, 1.807) is 17.4 Å². The second-order valence-corrected chi connectivity index (χ2v) is 7.76. The summed E-state index contributed by atoms with van der Waals surface area (Å²) < 4.78 is 14.4. The van der Waals surface area contributed by atoms with Gasteiger partial charge in [-0.05, 0) is 30.0 Å². The van der Waals surface area contributed by atoms with E-state index in [0.717, 1.165) is 4.88 Å². The van der Waals surface area contributed by atoms with Crippen LogP contribution in [-0.2, 0) is 9.59 Å². The van der Waals surface area contributed by atoms with Crippen molar-refractivity contribution in [3.05, 3.63) is 68.3 Å². The van der Waals surface area contributed by atoms with Crippen LogP contribution in [0.1, 0.15) is 41.5 Å². The van der Waals surface area contributed by atoms with Gasteiger partial charge in [-0.3, -0.25) is 9.59 Å². The molecule has 1 aromatic heterocycles. The van der Waals surface area contributed by atoms with Crippen molar-refractivity contribution < 1.29 is 14.0 Å². The van der Waals surface area contributed by atoms with E-state index in [0.29, 0.717) is 24.1 Å². The second kappa shape index (κ2) is 6.39.